The minimum Gasteiger partial charge on any atom is -0.343 e. The molecule has 31 heavy (non-hydrogen) atoms. The summed E-state index contributed by atoms with van der Waals surface area (Å²) in [5.74, 6) is 0. The maximum atomic E-state index is 3.78. The van der Waals surface area contributed by atoms with Gasteiger partial charge in [0.05, 0.1) is 11.0 Å². The third-order valence-corrected chi connectivity index (χ3v) is 6.80. The summed E-state index contributed by atoms with van der Waals surface area (Å²) in [6.07, 6.45) is 3.50. The zero-order valence-corrected chi connectivity index (χ0v) is 20.8. The van der Waals surface area contributed by atoms with E-state index in [0.29, 0.717) is 0 Å². The summed E-state index contributed by atoms with van der Waals surface area (Å²) in [6.45, 7) is 22.1. The summed E-state index contributed by atoms with van der Waals surface area (Å²) in [5.41, 5.74) is 14.3. The molecule has 2 aromatic carbocycles. The van der Waals surface area contributed by atoms with Crippen LogP contribution in [0.1, 0.15) is 65.8 Å². The lowest BCUT2D eigenvalue weighted by atomic mass is 9.90. The fraction of sp³-hybridized carbons (Fsp3) is 0.414. The molecule has 0 radical (unpaired) electrons. The number of hydrogen-bond acceptors (Lipinski definition) is 1. The molecule has 0 N–H and O–H groups in total. The van der Waals surface area contributed by atoms with Gasteiger partial charge in [-0.05, 0) is 112 Å². The molecular formula is C29H42N2. The van der Waals surface area contributed by atoms with E-state index in [1.807, 2.05) is 32.0 Å². The average molecular weight is 419 g/mol. The summed E-state index contributed by atoms with van der Waals surface area (Å²) >= 11 is 0. The van der Waals surface area contributed by atoms with Crippen molar-refractivity contribution < 1.29 is 0 Å². The smallest absolute Gasteiger partial charge is 0.0524 e. The molecule has 2 heterocycles. The van der Waals surface area contributed by atoms with Gasteiger partial charge < -0.3 is 4.57 Å². The lowest BCUT2D eigenvalue weighted by molar-refractivity contribution is 0.994. The Kier molecular flexibility index (Phi) is 9.05. The van der Waals surface area contributed by atoms with E-state index in [4.69, 9.17) is 0 Å². The highest BCUT2D eigenvalue weighted by molar-refractivity contribution is 6.14. The number of aryl methyl sites for hydroxylation is 5. The van der Waals surface area contributed by atoms with E-state index in [0.717, 1.165) is 0 Å². The highest BCUT2D eigenvalue weighted by Gasteiger charge is 2.21. The van der Waals surface area contributed by atoms with Crippen LogP contribution in [-0.2, 0) is 7.05 Å². The Bertz CT molecular complexity index is 1080. The van der Waals surface area contributed by atoms with Gasteiger partial charge in [-0.3, -0.25) is 4.98 Å². The summed E-state index contributed by atoms with van der Waals surface area (Å²) in [7, 11) is 2.23. The highest BCUT2D eigenvalue weighted by atomic mass is 14.9. The fourth-order valence-electron chi connectivity index (χ4n) is 4.46. The SMILES string of the molecule is C.CC.Cc1c(C)c(C)c2c(c1C)c1c(C)c(C)c(C)c(C)c1n2C.c1ccncc1. The molecule has 0 amide bonds. The Morgan fingerprint density at radius 1 is 0.516 bits per heavy atom. The van der Waals surface area contributed by atoms with Crippen molar-refractivity contribution in [3.63, 3.8) is 0 Å². The number of hydrogen-bond donors (Lipinski definition) is 0. The molecule has 168 valence electrons. The van der Waals surface area contributed by atoms with Gasteiger partial charge in [0.2, 0.25) is 0 Å². The van der Waals surface area contributed by atoms with Gasteiger partial charge in [0, 0.05) is 30.2 Å². The van der Waals surface area contributed by atoms with E-state index in [9.17, 15) is 0 Å². The van der Waals surface area contributed by atoms with Crippen molar-refractivity contribution in [1.82, 2.24) is 9.55 Å². The van der Waals surface area contributed by atoms with Crippen molar-refractivity contribution in [2.24, 2.45) is 7.05 Å². The molecular weight excluding hydrogens is 376 g/mol. The second-order valence-corrected chi connectivity index (χ2v) is 8.03. The van der Waals surface area contributed by atoms with E-state index < -0.39 is 0 Å². The first kappa shape index (κ1) is 26.4. The first-order valence-electron chi connectivity index (χ1n) is 11.0. The van der Waals surface area contributed by atoms with Gasteiger partial charge in [-0.1, -0.05) is 27.3 Å². The number of aromatic nitrogens is 2. The standard InChI is InChI=1S/C21H27N.C5H5N.C2H6.CH4/c1-10-12(3)16(7)20-18(14(10)5)19-15(6)11(2)13(4)17(8)21(19)22(20)9;1-2-4-6-5-3-1;1-2;/h1-9H3;1-5H;1-2H3;1H4. The molecule has 4 aromatic rings. The first-order chi connectivity index (χ1) is 14.2. The summed E-state index contributed by atoms with van der Waals surface area (Å²) in [5, 5.41) is 2.92. The molecule has 4 rings (SSSR count). The Morgan fingerprint density at radius 3 is 1.10 bits per heavy atom. The maximum absolute atomic E-state index is 3.78. The molecule has 0 atom stereocenters. The molecule has 0 unspecified atom stereocenters. The van der Waals surface area contributed by atoms with E-state index in [1.165, 1.54) is 66.3 Å². The average Bonchev–Trinajstić information content (AvgIpc) is 3.09. The van der Waals surface area contributed by atoms with Gasteiger partial charge in [-0.15, -0.1) is 0 Å². The molecule has 2 aromatic heterocycles. The lowest BCUT2D eigenvalue weighted by Gasteiger charge is -2.13. The van der Waals surface area contributed by atoms with Gasteiger partial charge in [0.25, 0.3) is 0 Å². The largest absolute Gasteiger partial charge is 0.343 e. The van der Waals surface area contributed by atoms with Crippen LogP contribution in [0.15, 0.2) is 30.6 Å². The van der Waals surface area contributed by atoms with Crippen LogP contribution in [0.5, 0.6) is 0 Å². The number of rotatable bonds is 0. The van der Waals surface area contributed by atoms with Crippen molar-refractivity contribution in [2.75, 3.05) is 0 Å². The van der Waals surface area contributed by atoms with Crippen LogP contribution in [0.25, 0.3) is 21.8 Å². The quantitative estimate of drug-likeness (QED) is 0.280. The van der Waals surface area contributed by atoms with Crippen LogP contribution in [0.2, 0.25) is 0 Å². The van der Waals surface area contributed by atoms with E-state index in [1.54, 1.807) is 12.4 Å². The van der Waals surface area contributed by atoms with Crippen LogP contribution in [0.3, 0.4) is 0 Å². The maximum Gasteiger partial charge on any atom is 0.0524 e. The predicted molar refractivity (Wildman–Crippen MR) is 141 cm³/mol. The molecule has 0 saturated carbocycles. The minimum absolute atomic E-state index is 0. The molecule has 0 fully saturated rings. The summed E-state index contributed by atoms with van der Waals surface area (Å²) < 4.78 is 2.42. The van der Waals surface area contributed by atoms with Gasteiger partial charge in [0.1, 0.15) is 0 Å². The third-order valence-electron chi connectivity index (χ3n) is 6.80. The molecule has 0 bridgehead atoms. The predicted octanol–water partition coefficient (Wildman–Crippen LogP) is 8.54. The minimum atomic E-state index is 0. The zero-order valence-electron chi connectivity index (χ0n) is 20.8. The molecule has 0 aliphatic rings. The normalized spacial score (nSPS) is 10.2. The summed E-state index contributed by atoms with van der Waals surface area (Å²) in [4.78, 5) is 3.78. The molecule has 0 aliphatic carbocycles. The van der Waals surface area contributed by atoms with Crippen LogP contribution in [0.4, 0.5) is 0 Å². The number of fused-ring (bicyclic) bond motifs is 3. The first-order valence-corrected chi connectivity index (χ1v) is 11.0. The van der Waals surface area contributed by atoms with Gasteiger partial charge in [-0.2, -0.15) is 0 Å². The van der Waals surface area contributed by atoms with Crippen molar-refractivity contribution in [2.45, 2.75) is 76.7 Å². The van der Waals surface area contributed by atoms with Crippen LogP contribution >= 0.6 is 0 Å². The zero-order chi connectivity index (χ0) is 22.7. The van der Waals surface area contributed by atoms with Crippen molar-refractivity contribution >= 4 is 21.8 Å². The monoisotopic (exact) mass is 418 g/mol. The van der Waals surface area contributed by atoms with Gasteiger partial charge in [0.15, 0.2) is 0 Å². The fourth-order valence-corrected chi connectivity index (χ4v) is 4.46. The van der Waals surface area contributed by atoms with E-state index in [-0.39, 0.29) is 7.43 Å². The second kappa shape index (κ2) is 10.6. The third kappa shape index (κ3) is 4.39. The van der Waals surface area contributed by atoms with Crippen molar-refractivity contribution in [3.05, 3.63) is 75.1 Å². The van der Waals surface area contributed by atoms with Crippen molar-refractivity contribution in [1.29, 1.82) is 0 Å². The Morgan fingerprint density at radius 2 is 0.839 bits per heavy atom. The van der Waals surface area contributed by atoms with Gasteiger partial charge >= 0.3 is 0 Å². The number of pyridine rings is 1. The van der Waals surface area contributed by atoms with Crippen LogP contribution < -0.4 is 0 Å². The number of benzene rings is 2. The van der Waals surface area contributed by atoms with Crippen molar-refractivity contribution in [3.8, 4) is 0 Å². The van der Waals surface area contributed by atoms with Gasteiger partial charge in [-0.25, -0.2) is 0 Å². The van der Waals surface area contributed by atoms with Crippen LogP contribution in [-0.4, -0.2) is 9.55 Å². The number of nitrogens with zero attached hydrogens (tertiary/aromatic N) is 2. The Labute approximate surface area is 190 Å². The lowest BCUT2D eigenvalue weighted by Crippen LogP contribution is -1.97. The topological polar surface area (TPSA) is 17.8 Å². The molecule has 0 aliphatic heterocycles. The highest BCUT2D eigenvalue weighted by Crippen LogP contribution is 2.41. The summed E-state index contributed by atoms with van der Waals surface area (Å²) in [6, 6.07) is 5.72. The second-order valence-electron chi connectivity index (χ2n) is 8.03. The Hall–Kier alpha value is -2.61. The molecule has 0 saturated heterocycles. The van der Waals surface area contributed by atoms with E-state index in [2.05, 4.69) is 72.0 Å². The molecule has 0 spiro atoms. The molecule has 2 nitrogen and oxygen atoms in total. The Balaban J connectivity index is 0.000000456. The molecule has 2 heteroatoms. The van der Waals surface area contributed by atoms with Crippen LogP contribution in [0, 0.1) is 55.4 Å². The van der Waals surface area contributed by atoms with E-state index >= 15 is 0 Å².